The molecule has 2 aromatic rings. The van der Waals surface area contributed by atoms with Gasteiger partial charge in [0, 0.05) is 6.04 Å². The van der Waals surface area contributed by atoms with Crippen molar-refractivity contribution in [3.63, 3.8) is 0 Å². The normalized spacial score (nSPS) is 14.3. The van der Waals surface area contributed by atoms with E-state index in [2.05, 4.69) is 16.9 Å². The Labute approximate surface area is 113 Å². The summed E-state index contributed by atoms with van der Waals surface area (Å²) in [5, 5.41) is 10.2. The van der Waals surface area contributed by atoms with Crippen molar-refractivity contribution in [2.24, 2.45) is 5.73 Å². The highest BCUT2D eigenvalue weighted by Crippen LogP contribution is 2.21. The van der Waals surface area contributed by atoms with Crippen LogP contribution in [0.3, 0.4) is 0 Å². The number of hydrogen-bond donors (Lipinski definition) is 3. The predicted molar refractivity (Wildman–Crippen MR) is 76.5 cm³/mol. The van der Waals surface area contributed by atoms with Gasteiger partial charge in [-0.25, -0.2) is 4.98 Å². The summed E-state index contributed by atoms with van der Waals surface area (Å²) in [6.45, 7) is 2.11. The van der Waals surface area contributed by atoms with Crippen LogP contribution in [0, 0.1) is 0 Å². The second kappa shape index (κ2) is 6.50. The molecule has 0 radical (unpaired) electrons. The van der Waals surface area contributed by atoms with Gasteiger partial charge >= 0.3 is 0 Å². The molecule has 0 aliphatic carbocycles. The van der Waals surface area contributed by atoms with Crippen molar-refractivity contribution >= 4 is 0 Å². The van der Waals surface area contributed by atoms with E-state index in [0.29, 0.717) is 5.82 Å². The lowest BCUT2D eigenvalue weighted by molar-refractivity contribution is 0.133. The van der Waals surface area contributed by atoms with Gasteiger partial charge in [-0.2, -0.15) is 0 Å². The Morgan fingerprint density at radius 2 is 2.05 bits per heavy atom. The molecule has 2 unspecified atom stereocenters. The summed E-state index contributed by atoms with van der Waals surface area (Å²) >= 11 is 0. The van der Waals surface area contributed by atoms with Gasteiger partial charge in [-0.3, -0.25) is 0 Å². The molecule has 0 aliphatic rings. The number of aliphatic hydroxyl groups excluding tert-OH is 1. The summed E-state index contributed by atoms with van der Waals surface area (Å²) in [7, 11) is 0. The highest BCUT2D eigenvalue weighted by molar-refractivity contribution is 5.58. The number of aromatic nitrogens is 2. The largest absolute Gasteiger partial charge is 0.384 e. The molecule has 0 saturated carbocycles. The van der Waals surface area contributed by atoms with Crippen LogP contribution in [0.1, 0.15) is 38.1 Å². The number of nitrogens with one attached hydrogen (secondary N) is 1. The van der Waals surface area contributed by atoms with E-state index in [1.165, 1.54) is 0 Å². The Morgan fingerprint density at radius 1 is 1.32 bits per heavy atom. The lowest BCUT2D eigenvalue weighted by Crippen LogP contribution is -2.28. The van der Waals surface area contributed by atoms with E-state index < -0.39 is 6.10 Å². The Bertz CT molecular complexity index is 495. The fourth-order valence-electron chi connectivity index (χ4n) is 2.05. The van der Waals surface area contributed by atoms with Crippen LogP contribution >= 0.6 is 0 Å². The van der Waals surface area contributed by atoms with Gasteiger partial charge in [0.1, 0.15) is 11.9 Å². The first-order valence-electron chi connectivity index (χ1n) is 6.76. The molecular weight excluding hydrogens is 238 g/mol. The van der Waals surface area contributed by atoms with E-state index in [4.69, 9.17) is 5.73 Å². The molecule has 1 aromatic carbocycles. The molecule has 0 fully saturated rings. The Balaban J connectivity index is 2.08. The minimum Gasteiger partial charge on any atom is -0.384 e. The number of nitrogens with zero attached hydrogens (tertiary/aromatic N) is 1. The van der Waals surface area contributed by atoms with Crippen molar-refractivity contribution in [3.8, 4) is 11.3 Å². The van der Waals surface area contributed by atoms with Crippen LogP contribution < -0.4 is 5.73 Å². The second-order valence-corrected chi connectivity index (χ2v) is 4.80. The predicted octanol–water partition coefficient (Wildman–Crippen LogP) is 2.63. The minimum absolute atomic E-state index is 0.269. The third-order valence-corrected chi connectivity index (χ3v) is 3.26. The summed E-state index contributed by atoms with van der Waals surface area (Å²) < 4.78 is 0. The van der Waals surface area contributed by atoms with Crippen LogP contribution in [0.5, 0.6) is 0 Å². The summed E-state index contributed by atoms with van der Waals surface area (Å²) in [4.78, 5) is 7.38. The number of hydrogen-bond acceptors (Lipinski definition) is 3. The Morgan fingerprint density at radius 3 is 2.74 bits per heavy atom. The molecule has 102 valence electrons. The summed E-state index contributed by atoms with van der Waals surface area (Å²) in [5.74, 6) is 0.544. The van der Waals surface area contributed by atoms with Gasteiger partial charge in [0.15, 0.2) is 0 Å². The quantitative estimate of drug-likeness (QED) is 0.746. The Hall–Kier alpha value is -1.65. The van der Waals surface area contributed by atoms with E-state index in [9.17, 15) is 5.11 Å². The number of rotatable bonds is 6. The van der Waals surface area contributed by atoms with Crippen molar-refractivity contribution < 1.29 is 5.11 Å². The maximum atomic E-state index is 10.2. The average molecular weight is 259 g/mol. The van der Waals surface area contributed by atoms with Crippen LogP contribution in [-0.4, -0.2) is 21.1 Å². The Kier molecular flexibility index (Phi) is 4.71. The molecule has 0 spiro atoms. The number of nitrogens with two attached hydrogens (primary N) is 1. The summed E-state index contributed by atoms with van der Waals surface area (Å²) in [6.07, 6.45) is 3.90. The fourth-order valence-corrected chi connectivity index (χ4v) is 2.05. The molecule has 0 saturated heterocycles. The van der Waals surface area contributed by atoms with Gasteiger partial charge in [-0.1, -0.05) is 50.1 Å². The van der Waals surface area contributed by atoms with Crippen molar-refractivity contribution in [2.45, 2.75) is 38.3 Å². The van der Waals surface area contributed by atoms with Crippen molar-refractivity contribution in [1.82, 2.24) is 9.97 Å². The molecule has 4 heteroatoms. The van der Waals surface area contributed by atoms with Crippen LogP contribution in [-0.2, 0) is 0 Å². The minimum atomic E-state index is -0.732. The first-order valence-corrected chi connectivity index (χ1v) is 6.76. The smallest absolute Gasteiger partial charge is 0.137 e. The zero-order valence-corrected chi connectivity index (χ0v) is 11.2. The second-order valence-electron chi connectivity index (χ2n) is 4.80. The zero-order chi connectivity index (χ0) is 13.7. The van der Waals surface area contributed by atoms with E-state index in [1.807, 2.05) is 30.3 Å². The highest BCUT2D eigenvalue weighted by atomic mass is 16.3. The molecule has 19 heavy (non-hydrogen) atoms. The van der Waals surface area contributed by atoms with Crippen LogP contribution in [0.2, 0.25) is 0 Å². The number of benzene rings is 1. The molecule has 0 bridgehead atoms. The topological polar surface area (TPSA) is 74.9 Å². The molecule has 0 aliphatic heterocycles. The number of unbranched alkanes of at least 4 members (excludes halogenated alkanes) is 1. The maximum Gasteiger partial charge on any atom is 0.137 e. The first-order chi connectivity index (χ1) is 9.22. The van der Waals surface area contributed by atoms with Crippen LogP contribution in [0.4, 0.5) is 0 Å². The number of imidazole rings is 1. The van der Waals surface area contributed by atoms with Gasteiger partial charge < -0.3 is 15.8 Å². The van der Waals surface area contributed by atoms with Crippen LogP contribution in [0.15, 0.2) is 36.5 Å². The monoisotopic (exact) mass is 259 g/mol. The molecule has 2 rings (SSSR count). The van der Waals surface area contributed by atoms with Gasteiger partial charge in [0.05, 0.1) is 11.9 Å². The standard InChI is InChI=1S/C15H21N3O/c1-2-3-9-12(16)14(19)15-17-10-13(18-15)11-7-5-4-6-8-11/h4-8,10,12,14,19H,2-3,9,16H2,1H3,(H,17,18). The molecule has 4 nitrogen and oxygen atoms in total. The summed E-state index contributed by atoms with van der Waals surface area (Å²) in [6, 6.07) is 9.64. The molecule has 0 amide bonds. The van der Waals surface area contributed by atoms with E-state index in [1.54, 1.807) is 6.20 Å². The third kappa shape index (κ3) is 3.43. The molecular formula is C15H21N3O. The third-order valence-electron chi connectivity index (χ3n) is 3.26. The van der Waals surface area contributed by atoms with Gasteiger partial charge in [0.25, 0.3) is 0 Å². The SMILES string of the molecule is CCCCC(N)C(O)c1ncc(-c2ccccc2)[nH]1. The van der Waals surface area contributed by atoms with Crippen molar-refractivity contribution in [2.75, 3.05) is 0 Å². The maximum absolute atomic E-state index is 10.2. The average Bonchev–Trinajstić information content (AvgIpc) is 2.94. The highest BCUT2D eigenvalue weighted by Gasteiger charge is 2.19. The van der Waals surface area contributed by atoms with E-state index in [-0.39, 0.29) is 6.04 Å². The fraction of sp³-hybridized carbons (Fsp3) is 0.400. The van der Waals surface area contributed by atoms with Gasteiger partial charge in [-0.15, -0.1) is 0 Å². The van der Waals surface area contributed by atoms with Gasteiger partial charge in [0.2, 0.25) is 0 Å². The zero-order valence-electron chi connectivity index (χ0n) is 11.2. The first kappa shape index (κ1) is 13.8. The lowest BCUT2D eigenvalue weighted by atomic mass is 10.1. The van der Waals surface area contributed by atoms with Crippen molar-refractivity contribution in [1.29, 1.82) is 0 Å². The number of H-pyrrole nitrogens is 1. The van der Waals surface area contributed by atoms with E-state index in [0.717, 1.165) is 30.5 Å². The molecule has 2 atom stereocenters. The number of aromatic amines is 1. The number of aliphatic hydroxyl groups is 1. The molecule has 1 heterocycles. The molecule has 1 aromatic heterocycles. The van der Waals surface area contributed by atoms with Crippen molar-refractivity contribution in [3.05, 3.63) is 42.4 Å². The van der Waals surface area contributed by atoms with E-state index >= 15 is 0 Å². The lowest BCUT2D eigenvalue weighted by Gasteiger charge is -2.16. The molecule has 4 N–H and O–H groups in total. The van der Waals surface area contributed by atoms with Gasteiger partial charge in [-0.05, 0) is 12.0 Å². The summed E-state index contributed by atoms with van der Waals surface area (Å²) in [5.41, 5.74) is 7.93. The van der Waals surface area contributed by atoms with Crippen LogP contribution in [0.25, 0.3) is 11.3 Å².